The van der Waals surface area contributed by atoms with Crippen LogP contribution in [0.4, 0.5) is 5.69 Å². The van der Waals surface area contributed by atoms with Crippen LogP contribution in [-0.4, -0.2) is 42.9 Å². The minimum absolute atomic E-state index is 0.00888. The summed E-state index contributed by atoms with van der Waals surface area (Å²) in [5.74, 6) is -0.324. The van der Waals surface area contributed by atoms with Crippen LogP contribution < -0.4 is 10.6 Å². The summed E-state index contributed by atoms with van der Waals surface area (Å²) in [6.45, 7) is 5.70. The lowest BCUT2D eigenvalue weighted by Crippen LogP contribution is -2.46. The molecular weight excluding hydrogens is 337 g/mol. The molecule has 23 heavy (non-hydrogen) atoms. The summed E-state index contributed by atoms with van der Waals surface area (Å²) < 4.78 is 0. The zero-order chi connectivity index (χ0) is 17.0. The standard InChI is InChI=1S/C16H21Cl2N3O2/c1-3-21(15(23)16(2)7-8-19-10-16)9-13(22)20-14-11(17)5-4-6-12(14)18/h4-6,19H,3,7-10H2,1-2H3,(H,20,22). The van der Waals surface area contributed by atoms with Crippen molar-refractivity contribution in [3.8, 4) is 0 Å². The molecule has 126 valence electrons. The zero-order valence-electron chi connectivity index (χ0n) is 13.3. The summed E-state index contributed by atoms with van der Waals surface area (Å²) in [6.07, 6.45) is 0.778. The molecule has 2 N–H and O–H groups in total. The molecule has 1 aromatic carbocycles. The number of rotatable bonds is 5. The number of nitrogens with one attached hydrogen (secondary N) is 2. The molecule has 0 bridgehead atoms. The van der Waals surface area contributed by atoms with Crippen molar-refractivity contribution in [1.82, 2.24) is 10.2 Å². The number of nitrogens with zero attached hydrogens (tertiary/aromatic N) is 1. The SMILES string of the molecule is CCN(CC(=O)Nc1c(Cl)cccc1Cl)C(=O)C1(C)CCNC1. The van der Waals surface area contributed by atoms with Gasteiger partial charge in [-0.2, -0.15) is 0 Å². The van der Waals surface area contributed by atoms with Gasteiger partial charge in [0.25, 0.3) is 0 Å². The van der Waals surface area contributed by atoms with Gasteiger partial charge in [-0.25, -0.2) is 0 Å². The fourth-order valence-electron chi connectivity index (χ4n) is 2.68. The van der Waals surface area contributed by atoms with E-state index in [1.54, 1.807) is 23.1 Å². The maximum absolute atomic E-state index is 12.7. The van der Waals surface area contributed by atoms with Gasteiger partial charge in [0.1, 0.15) is 0 Å². The number of carbonyl (C=O) groups excluding carboxylic acids is 2. The van der Waals surface area contributed by atoms with Crippen LogP contribution in [0.15, 0.2) is 18.2 Å². The van der Waals surface area contributed by atoms with Crippen LogP contribution in [0.5, 0.6) is 0 Å². The van der Waals surface area contributed by atoms with Crippen LogP contribution in [0.25, 0.3) is 0 Å². The van der Waals surface area contributed by atoms with Gasteiger partial charge >= 0.3 is 0 Å². The first-order valence-electron chi connectivity index (χ1n) is 7.61. The molecule has 2 amide bonds. The highest BCUT2D eigenvalue weighted by Gasteiger charge is 2.39. The summed E-state index contributed by atoms with van der Waals surface area (Å²) in [7, 11) is 0. The van der Waals surface area contributed by atoms with Crippen molar-refractivity contribution in [2.45, 2.75) is 20.3 Å². The molecule has 0 radical (unpaired) electrons. The molecule has 1 fully saturated rings. The van der Waals surface area contributed by atoms with Crippen LogP contribution in [0, 0.1) is 5.41 Å². The Balaban J connectivity index is 2.04. The van der Waals surface area contributed by atoms with E-state index in [9.17, 15) is 9.59 Å². The molecule has 1 heterocycles. The molecule has 1 aliphatic rings. The minimum atomic E-state index is -0.446. The molecule has 2 rings (SSSR count). The number of anilines is 1. The molecule has 0 aromatic heterocycles. The number of hydrogen-bond acceptors (Lipinski definition) is 3. The van der Waals surface area contributed by atoms with E-state index < -0.39 is 5.41 Å². The number of benzene rings is 1. The molecular formula is C16H21Cl2N3O2. The maximum atomic E-state index is 12.7. The van der Waals surface area contributed by atoms with Crippen LogP contribution in [0.3, 0.4) is 0 Å². The average molecular weight is 358 g/mol. The van der Waals surface area contributed by atoms with Gasteiger partial charge in [0, 0.05) is 13.1 Å². The van der Waals surface area contributed by atoms with E-state index in [2.05, 4.69) is 10.6 Å². The molecule has 1 unspecified atom stereocenters. The smallest absolute Gasteiger partial charge is 0.244 e. The highest BCUT2D eigenvalue weighted by molar-refractivity contribution is 6.39. The van der Waals surface area contributed by atoms with E-state index >= 15 is 0 Å². The molecule has 7 heteroatoms. The van der Waals surface area contributed by atoms with Gasteiger partial charge in [-0.3, -0.25) is 9.59 Å². The third kappa shape index (κ3) is 4.16. The number of amides is 2. The molecule has 5 nitrogen and oxygen atoms in total. The molecule has 1 atom stereocenters. The highest BCUT2D eigenvalue weighted by atomic mass is 35.5. The van der Waals surface area contributed by atoms with Crippen molar-refractivity contribution < 1.29 is 9.59 Å². The van der Waals surface area contributed by atoms with Gasteiger partial charge in [-0.1, -0.05) is 29.3 Å². The second kappa shape index (κ2) is 7.51. The van der Waals surface area contributed by atoms with Crippen LogP contribution >= 0.6 is 23.2 Å². The predicted octanol–water partition coefficient (Wildman–Crippen LogP) is 2.78. The van der Waals surface area contributed by atoms with Crippen molar-refractivity contribution >= 4 is 40.7 Å². The van der Waals surface area contributed by atoms with Crippen LogP contribution in [0.2, 0.25) is 10.0 Å². The van der Waals surface area contributed by atoms with E-state index in [0.29, 0.717) is 28.8 Å². The second-order valence-corrected chi connectivity index (χ2v) is 6.77. The normalized spacial score (nSPS) is 20.3. The number of hydrogen-bond donors (Lipinski definition) is 2. The van der Waals surface area contributed by atoms with Crippen LogP contribution in [-0.2, 0) is 9.59 Å². The highest BCUT2D eigenvalue weighted by Crippen LogP contribution is 2.30. The zero-order valence-corrected chi connectivity index (χ0v) is 14.8. The van der Waals surface area contributed by atoms with Crippen molar-refractivity contribution in [3.63, 3.8) is 0 Å². The molecule has 0 saturated carbocycles. The van der Waals surface area contributed by atoms with E-state index in [-0.39, 0.29) is 18.4 Å². The first-order valence-corrected chi connectivity index (χ1v) is 8.37. The van der Waals surface area contributed by atoms with Crippen molar-refractivity contribution in [3.05, 3.63) is 28.2 Å². The van der Waals surface area contributed by atoms with Gasteiger partial charge < -0.3 is 15.5 Å². The number of likely N-dealkylation sites (N-methyl/N-ethyl adjacent to an activating group) is 1. The van der Waals surface area contributed by atoms with E-state index in [0.717, 1.165) is 13.0 Å². The Morgan fingerprint density at radius 3 is 2.52 bits per heavy atom. The first kappa shape index (κ1) is 18.0. The average Bonchev–Trinajstić information content (AvgIpc) is 2.96. The third-order valence-corrected chi connectivity index (χ3v) is 4.75. The van der Waals surface area contributed by atoms with Gasteiger partial charge in [-0.15, -0.1) is 0 Å². The summed E-state index contributed by atoms with van der Waals surface area (Å²) in [4.78, 5) is 26.5. The molecule has 1 saturated heterocycles. The summed E-state index contributed by atoms with van der Waals surface area (Å²) in [6, 6.07) is 5.00. The predicted molar refractivity (Wildman–Crippen MR) is 92.9 cm³/mol. The number of halogens is 2. The fraction of sp³-hybridized carbons (Fsp3) is 0.500. The summed E-state index contributed by atoms with van der Waals surface area (Å²) in [5, 5.41) is 6.62. The Kier molecular flexibility index (Phi) is 5.89. The monoisotopic (exact) mass is 357 g/mol. The maximum Gasteiger partial charge on any atom is 0.244 e. The summed E-state index contributed by atoms with van der Waals surface area (Å²) in [5.41, 5.74) is -0.0729. The Bertz CT molecular complexity index is 581. The topological polar surface area (TPSA) is 61.4 Å². The lowest BCUT2D eigenvalue weighted by atomic mass is 9.88. The summed E-state index contributed by atoms with van der Waals surface area (Å²) >= 11 is 12.1. The quantitative estimate of drug-likeness (QED) is 0.851. The number of carbonyl (C=O) groups is 2. The van der Waals surface area contributed by atoms with Gasteiger partial charge in [0.05, 0.1) is 27.7 Å². The first-order chi connectivity index (χ1) is 10.9. The molecule has 0 spiro atoms. The molecule has 1 aromatic rings. The van der Waals surface area contributed by atoms with E-state index in [4.69, 9.17) is 23.2 Å². The van der Waals surface area contributed by atoms with Crippen LogP contribution in [0.1, 0.15) is 20.3 Å². The largest absolute Gasteiger partial charge is 0.333 e. The van der Waals surface area contributed by atoms with E-state index in [1.807, 2.05) is 13.8 Å². The fourth-order valence-corrected chi connectivity index (χ4v) is 3.17. The van der Waals surface area contributed by atoms with Crippen molar-refractivity contribution in [2.24, 2.45) is 5.41 Å². The Morgan fingerprint density at radius 2 is 2.00 bits per heavy atom. The number of para-hydroxylation sites is 1. The van der Waals surface area contributed by atoms with Crippen molar-refractivity contribution in [2.75, 3.05) is 31.5 Å². The minimum Gasteiger partial charge on any atom is -0.333 e. The Labute approximate surface area is 146 Å². The van der Waals surface area contributed by atoms with Gasteiger partial charge in [0.2, 0.25) is 11.8 Å². The van der Waals surface area contributed by atoms with E-state index in [1.165, 1.54) is 0 Å². The molecule has 0 aliphatic carbocycles. The lowest BCUT2D eigenvalue weighted by Gasteiger charge is -2.30. The van der Waals surface area contributed by atoms with Gasteiger partial charge in [0.15, 0.2) is 0 Å². The van der Waals surface area contributed by atoms with Gasteiger partial charge in [-0.05, 0) is 38.9 Å². The lowest BCUT2D eigenvalue weighted by molar-refractivity contribution is -0.142. The third-order valence-electron chi connectivity index (χ3n) is 4.12. The Morgan fingerprint density at radius 1 is 1.35 bits per heavy atom. The van der Waals surface area contributed by atoms with Crippen molar-refractivity contribution in [1.29, 1.82) is 0 Å². The Hall–Kier alpha value is -1.30. The second-order valence-electron chi connectivity index (χ2n) is 5.95. The molecule has 1 aliphatic heterocycles.